The van der Waals surface area contributed by atoms with E-state index in [0.29, 0.717) is 17.4 Å². The highest BCUT2D eigenvalue weighted by atomic mass is 19.1. The first-order valence-electron chi connectivity index (χ1n) is 11.9. The minimum Gasteiger partial charge on any atom is -0.497 e. The summed E-state index contributed by atoms with van der Waals surface area (Å²) in [6, 6.07) is 11.0. The maximum absolute atomic E-state index is 14.2. The van der Waals surface area contributed by atoms with Crippen LogP contribution in [0.1, 0.15) is 13.8 Å². The number of benzene rings is 1. The Morgan fingerprint density at radius 1 is 0.865 bits per heavy atom. The van der Waals surface area contributed by atoms with Crippen molar-refractivity contribution in [1.29, 1.82) is 0 Å². The second kappa shape index (κ2) is 9.02. The van der Waals surface area contributed by atoms with Crippen molar-refractivity contribution in [2.45, 2.75) is 19.9 Å². The van der Waals surface area contributed by atoms with E-state index in [2.05, 4.69) is 49.3 Å². The molecule has 0 amide bonds. The third-order valence-corrected chi connectivity index (χ3v) is 6.16. The van der Waals surface area contributed by atoms with Crippen molar-refractivity contribution in [2.24, 2.45) is 0 Å². The van der Waals surface area contributed by atoms with E-state index in [1.165, 1.54) is 19.2 Å². The van der Waals surface area contributed by atoms with Crippen LogP contribution in [0.25, 0.3) is 55.6 Å². The predicted molar refractivity (Wildman–Crippen MR) is 143 cm³/mol. The fourth-order valence-corrected chi connectivity index (χ4v) is 4.52. The molecule has 3 N–H and O–H groups in total. The van der Waals surface area contributed by atoms with Gasteiger partial charge in [-0.25, -0.2) is 4.39 Å². The number of fused-ring (bicyclic) bond motifs is 2. The normalized spacial score (nSPS) is 11.5. The number of pyridine rings is 3. The van der Waals surface area contributed by atoms with Gasteiger partial charge in [-0.15, -0.1) is 0 Å². The fourth-order valence-electron chi connectivity index (χ4n) is 4.52. The quantitative estimate of drug-likeness (QED) is 0.255. The van der Waals surface area contributed by atoms with E-state index in [1.54, 1.807) is 37.1 Å². The van der Waals surface area contributed by atoms with E-state index in [-0.39, 0.29) is 5.82 Å². The summed E-state index contributed by atoms with van der Waals surface area (Å²) in [6.45, 7) is 4.17. The molecule has 0 aliphatic rings. The monoisotopic (exact) mass is 493 g/mol. The number of nitrogens with zero attached hydrogens (tertiary/aromatic N) is 4. The third kappa shape index (κ3) is 4.24. The van der Waals surface area contributed by atoms with Gasteiger partial charge in [-0.05, 0) is 49.7 Å². The van der Waals surface area contributed by atoms with Crippen LogP contribution in [-0.4, -0.2) is 43.3 Å². The molecule has 8 nitrogen and oxygen atoms in total. The van der Waals surface area contributed by atoms with Crippen molar-refractivity contribution in [3.8, 4) is 39.5 Å². The number of anilines is 1. The maximum atomic E-state index is 14.2. The van der Waals surface area contributed by atoms with Gasteiger partial charge in [0, 0.05) is 52.6 Å². The summed E-state index contributed by atoms with van der Waals surface area (Å²) in [6.07, 6.45) is 8.85. The number of hydrogen-bond acceptors (Lipinski definition) is 6. The molecule has 0 saturated heterocycles. The first-order chi connectivity index (χ1) is 18.0. The zero-order chi connectivity index (χ0) is 25.5. The Kier molecular flexibility index (Phi) is 5.52. The van der Waals surface area contributed by atoms with Crippen LogP contribution >= 0.6 is 0 Å². The Bertz CT molecular complexity index is 1760. The van der Waals surface area contributed by atoms with Crippen LogP contribution in [0.4, 0.5) is 10.1 Å². The molecule has 6 aromatic rings. The van der Waals surface area contributed by atoms with Gasteiger partial charge in [0.2, 0.25) is 0 Å². The van der Waals surface area contributed by atoms with E-state index in [0.717, 1.165) is 55.7 Å². The highest BCUT2D eigenvalue weighted by Gasteiger charge is 2.16. The lowest BCUT2D eigenvalue weighted by Gasteiger charge is -2.10. The van der Waals surface area contributed by atoms with Gasteiger partial charge >= 0.3 is 0 Å². The summed E-state index contributed by atoms with van der Waals surface area (Å²) in [5, 5.41) is 12.8. The molecular weight excluding hydrogens is 469 g/mol. The number of ether oxygens (including phenoxy) is 1. The van der Waals surface area contributed by atoms with Crippen LogP contribution in [0, 0.1) is 5.82 Å². The molecule has 6 rings (SSSR count). The molecule has 5 aromatic heterocycles. The van der Waals surface area contributed by atoms with Gasteiger partial charge in [0.15, 0.2) is 0 Å². The number of halogens is 1. The molecular formula is C28H24FN7O. The topological polar surface area (TPSA) is 104 Å². The third-order valence-electron chi connectivity index (χ3n) is 6.16. The zero-order valence-electron chi connectivity index (χ0n) is 20.5. The molecule has 0 radical (unpaired) electrons. The molecule has 9 heteroatoms. The Morgan fingerprint density at radius 3 is 2.57 bits per heavy atom. The van der Waals surface area contributed by atoms with Crippen molar-refractivity contribution in [2.75, 3.05) is 12.4 Å². The number of hydrogen-bond donors (Lipinski definition) is 3. The van der Waals surface area contributed by atoms with Crippen molar-refractivity contribution in [3.05, 3.63) is 73.2 Å². The summed E-state index contributed by atoms with van der Waals surface area (Å²) >= 11 is 0. The Balaban J connectivity index is 1.45. The molecule has 0 bridgehead atoms. The molecule has 184 valence electrons. The van der Waals surface area contributed by atoms with E-state index >= 15 is 0 Å². The Morgan fingerprint density at radius 2 is 1.73 bits per heavy atom. The van der Waals surface area contributed by atoms with Gasteiger partial charge in [-0.1, -0.05) is 0 Å². The molecule has 0 fully saturated rings. The summed E-state index contributed by atoms with van der Waals surface area (Å²) in [5.41, 5.74) is 7.30. The Labute approximate surface area is 212 Å². The van der Waals surface area contributed by atoms with Crippen molar-refractivity contribution < 1.29 is 9.13 Å². The molecule has 5 heterocycles. The van der Waals surface area contributed by atoms with Crippen molar-refractivity contribution in [3.63, 3.8) is 0 Å². The van der Waals surface area contributed by atoms with Gasteiger partial charge in [0.1, 0.15) is 17.3 Å². The lowest BCUT2D eigenvalue weighted by Crippen LogP contribution is -2.09. The first-order valence-corrected chi connectivity index (χ1v) is 11.9. The van der Waals surface area contributed by atoms with Gasteiger partial charge in [0.25, 0.3) is 0 Å². The number of nitrogens with one attached hydrogen (secondary N) is 3. The van der Waals surface area contributed by atoms with E-state index in [1.807, 2.05) is 18.2 Å². The molecule has 1 aromatic carbocycles. The summed E-state index contributed by atoms with van der Waals surface area (Å²) in [7, 11) is 1.52. The largest absolute Gasteiger partial charge is 0.497 e. The van der Waals surface area contributed by atoms with Crippen molar-refractivity contribution in [1.82, 2.24) is 30.1 Å². The molecule has 0 saturated carbocycles. The number of H-pyrrole nitrogens is 2. The average Bonchev–Trinajstić information content (AvgIpc) is 3.51. The van der Waals surface area contributed by atoms with Crippen LogP contribution in [0.5, 0.6) is 5.75 Å². The summed E-state index contributed by atoms with van der Waals surface area (Å²) < 4.78 is 19.5. The molecule has 0 unspecified atom stereocenters. The second-order valence-electron chi connectivity index (χ2n) is 9.16. The molecule has 0 aliphatic heterocycles. The van der Waals surface area contributed by atoms with E-state index in [9.17, 15) is 4.39 Å². The van der Waals surface area contributed by atoms with Gasteiger partial charge in [-0.2, -0.15) is 5.10 Å². The number of methoxy groups -OCH3 is 1. The van der Waals surface area contributed by atoms with Crippen molar-refractivity contribution >= 4 is 27.5 Å². The van der Waals surface area contributed by atoms with E-state index < -0.39 is 0 Å². The minimum atomic E-state index is -0.373. The van der Waals surface area contributed by atoms with Crippen LogP contribution in [-0.2, 0) is 0 Å². The predicted octanol–water partition coefficient (Wildman–Crippen LogP) is 6.20. The van der Waals surface area contributed by atoms with Gasteiger partial charge in [-0.3, -0.25) is 20.1 Å². The molecule has 37 heavy (non-hydrogen) atoms. The SMILES string of the molecule is COc1cc(F)cc(-c2cncc3[nH]c(-c4n[nH]c5cnc(-c6cncc(NC(C)C)c6)cc45)cc23)c1. The fraction of sp³-hybridized carbons (Fsp3) is 0.143. The van der Waals surface area contributed by atoms with E-state index in [4.69, 9.17) is 4.74 Å². The van der Waals surface area contributed by atoms with Crippen LogP contribution in [0.2, 0.25) is 0 Å². The highest BCUT2D eigenvalue weighted by Crippen LogP contribution is 2.35. The van der Waals surface area contributed by atoms with Crippen LogP contribution < -0.4 is 10.1 Å². The number of aromatic nitrogens is 6. The Hall–Kier alpha value is -4.79. The summed E-state index contributed by atoms with van der Waals surface area (Å²) in [4.78, 5) is 16.8. The minimum absolute atomic E-state index is 0.294. The first kappa shape index (κ1) is 22.7. The molecule has 0 aliphatic carbocycles. The maximum Gasteiger partial charge on any atom is 0.127 e. The lowest BCUT2D eigenvalue weighted by atomic mass is 10.0. The molecule has 0 atom stereocenters. The smallest absolute Gasteiger partial charge is 0.127 e. The number of rotatable bonds is 6. The standard InChI is InChI=1S/C28H24FN7O/c1-15(2)33-19-5-17(10-30-11-19)24-9-22-27(14-32-24)35-36-28(22)25-8-21-23(12-31-13-26(21)34-25)16-4-18(29)7-20(6-16)37-3/h4-15,33-34H,1-3H3,(H,35,36). The van der Waals surface area contributed by atoms with Crippen LogP contribution in [0.3, 0.4) is 0 Å². The zero-order valence-corrected chi connectivity index (χ0v) is 20.5. The average molecular weight is 494 g/mol. The van der Waals surface area contributed by atoms with Gasteiger partial charge in [0.05, 0.1) is 47.6 Å². The molecule has 0 spiro atoms. The highest BCUT2D eigenvalue weighted by molar-refractivity contribution is 6.01. The number of aromatic amines is 2. The van der Waals surface area contributed by atoms with Gasteiger partial charge < -0.3 is 15.0 Å². The summed E-state index contributed by atoms with van der Waals surface area (Å²) in [5.74, 6) is 0.0748. The second-order valence-corrected chi connectivity index (χ2v) is 9.16. The van der Waals surface area contributed by atoms with Crippen LogP contribution in [0.15, 0.2) is 67.4 Å². The lowest BCUT2D eigenvalue weighted by molar-refractivity contribution is 0.411.